The zero-order chi connectivity index (χ0) is 28.8. The van der Waals surface area contributed by atoms with Gasteiger partial charge in [-0.3, -0.25) is 14.8 Å². The molecule has 2 N–H and O–H groups in total. The molecule has 1 unspecified atom stereocenters. The fraction of sp³-hybridized carbons (Fsp3) is 0.414. The van der Waals surface area contributed by atoms with Gasteiger partial charge in [-0.25, -0.2) is 0 Å². The Morgan fingerprint density at radius 3 is 2.60 bits per heavy atom. The molecule has 214 valence electrons. The topological polar surface area (TPSA) is 78.4 Å². The van der Waals surface area contributed by atoms with Crippen molar-refractivity contribution < 1.29 is 23.1 Å². The molecular formula is C29H32ClF3N4O2S. The zero-order valence-corrected chi connectivity index (χ0v) is 23.7. The van der Waals surface area contributed by atoms with Gasteiger partial charge in [0.1, 0.15) is 10.8 Å². The van der Waals surface area contributed by atoms with E-state index in [0.29, 0.717) is 28.9 Å². The van der Waals surface area contributed by atoms with Crippen molar-refractivity contribution in [2.75, 3.05) is 30.8 Å². The van der Waals surface area contributed by atoms with Crippen molar-refractivity contribution in [2.24, 2.45) is 0 Å². The molecule has 1 aliphatic rings. The Bertz CT molecular complexity index is 1340. The first-order valence-corrected chi connectivity index (χ1v) is 14.7. The van der Waals surface area contributed by atoms with Gasteiger partial charge >= 0.3 is 6.18 Å². The van der Waals surface area contributed by atoms with Crippen LogP contribution < -0.4 is 5.32 Å². The largest absolute Gasteiger partial charge is 0.404 e. The smallest absolute Gasteiger partial charge is 0.393 e. The molecule has 0 saturated heterocycles. The van der Waals surface area contributed by atoms with Crippen molar-refractivity contribution in [2.45, 2.75) is 49.6 Å². The number of anilines is 1. The highest BCUT2D eigenvalue weighted by Crippen LogP contribution is 2.44. The molecule has 1 aromatic carbocycles. The molecule has 0 saturated carbocycles. The van der Waals surface area contributed by atoms with Crippen LogP contribution in [0.15, 0.2) is 66.5 Å². The van der Waals surface area contributed by atoms with Crippen molar-refractivity contribution in [1.29, 1.82) is 0 Å². The second-order valence-electron chi connectivity index (χ2n) is 9.59. The molecule has 6 nitrogen and oxygen atoms in total. The zero-order valence-electron chi connectivity index (χ0n) is 22.1. The van der Waals surface area contributed by atoms with Gasteiger partial charge in [-0.2, -0.15) is 13.2 Å². The molecule has 3 heterocycles. The number of aliphatic hydroxyl groups excluding tert-OH is 1. The van der Waals surface area contributed by atoms with Crippen molar-refractivity contribution in [1.82, 2.24) is 14.9 Å². The third-order valence-corrected chi connectivity index (χ3v) is 8.38. The van der Waals surface area contributed by atoms with E-state index in [-0.39, 0.29) is 17.9 Å². The predicted molar refractivity (Wildman–Crippen MR) is 154 cm³/mol. The monoisotopic (exact) mass is 592 g/mol. The second-order valence-corrected chi connectivity index (χ2v) is 11.4. The maximum atomic E-state index is 13.9. The van der Waals surface area contributed by atoms with Crippen molar-refractivity contribution >= 4 is 45.9 Å². The highest BCUT2D eigenvalue weighted by molar-refractivity contribution is 8.00. The number of nitrogens with zero attached hydrogens (tertiary/aromatic N) is 3. The number of hydrogen-bond donors (Lipinski definition) is 2. The van der Waals surface area contributed by atoms with E-state index in [9.17, 15) is 23.1 Å². The van der Waals surface area contributed by atoms with E-state index in [1.807, 2.05) is 24.3 Å². The normalized spacial score (nSPS) is 18.3. The average molecular weight is 593 g/mol. The number of benzene rings is 1. The maximum absolute atomic E-state index is 13.9. The number of amides is 1. The van der Waals surface area contributed by atoms with E-state index < -0.39 is 29.5 Å². The third-order valence-electron chi connectivity index (χ3n) is 6.96. The van der Waals surface area contributed by atoms with E-state index in [4.69, 9.17) is 11.6 Å². The van der Waals surface area contributed by atoms with Gasteiger partial charge in [0.15, 0.2) is 0 Å². The molecule has 0 radical (unpaired) electrons. The molecule has 3 aromatic rings. The molecule has 1 aliphatic heterocycles. The Hall–Kier alpha value is -2.82. The Morgan fingerprint density at radius 2 is 1.90 bits per heavy atom. The van der Waals surface area contributed by atoms with Crippen LogP contribution in [-0.2, 0) is 10.3 Å². The van der Waals surface area contributed by atoms with Crippen LogP contribution in [0.25, 0.3) is 10.9 Å². The number of aromatic nitrogens is 2. The Balaban J connectivity index is 1.39. The predicted octanol–water partition coefficient (Wildman–Crippen LogP) is 6.60. The van der Waals surface area contributed by atoms with Crippen LogP contribution in [0.1, 0.15) is 38.3 Å². The van der Waals surface area contributed by atoms with E-state index in [2.05, 4.69) is 15.3 Å². The van der Waals surface area contributed by atoms with Gasteiger partial charge in [0.05, 0.1) is 17.8 Å². The molecule has 0 fully saturated rings. The number of fused-ring (bicyclic) bond motifs is 1. The van der Waals surface area contributed by atoms with Crippen LogP contribution >= 0.6 is 23.4 Å². The van der Waals surface area contributed by atoms with Gasteiger partial charge in [0.2, 0.25) is 0 Å². The molecule has 0 spiro atoms. The number of thioether (sulfide) groups is 1. The Labute approximate surface area is 241 Å². The van der Waals surface area contributed by atoms with Gasteiger partial charge in [-0.05, 0) is 61.1 Å². The van der Waals surface area contributed by atoms with Crippen LogP contribution in [0.3, 0.4) is 0 Å². The number of unbranched alkanes of at least 4 members (excludes halogenated alkanes) is 3. The lowest BCUT2D eigenvalue weighted by Crippen LogP contribution is -2.48. The second kappa shape index (κ2) is 13.2. The molecule has 0 bridgehead atoms. The van der Waals surface area contributed by atoms with E-state index in [0.717, 1.165) is 42.4 Å². The summed E-state index contributed by atoms with van der Waals surface area (Å²) in [6.45, 7) is 2.00. The number of aliphatic hydroxyl groups is 1. The lowest BCUT2D eigenvalue weighted by molar-refractivity contribution is -0.138. The number of rotatable bonds is 13. The number of alkyl halides is 3. The Kier molecular flexibility index (Phi) is 9.97. The van der Waals surface area contributed by atoms with E-state index in [1.165, 1.54) is 17.2 Å². The SMILES string of the molecule is CCSC(C1=C[C@](CO)(c2ccccn2)N(CCCCCCNc2ccnc3cc(Cl)ccc23)C1=O)C(F)(F)F. The molecule has 2 atom stereocenters. The molecule has 4 rings (SSSR count). The van der Waals surface area contributed by atoms with Gasteiger partial charge in [0.25, 0.3) is 5.91 Å². The molecule has 2 aromatic heterocycles. The summed E-state index contributed by atoms with van der Waals surface area (Å²) in [7, 11) is 0. The third kappa shape index (κ3) is 6.56. The van der Waals surface area contributed by atoms with Crippen molar-refractivity contribution in [3.8, 4) is 0 Å². The first kappa shape index (κ1) is 30.1. The van der Waals surface area contributed by atoms with Crippen molar-refractivity contribution in [3.63, 3.8) is 0 Å². The fourth-order valence-corrected chi connectivity index (χ4v) is 6.08. The molecular weight excluding hydrogens is 561 g/mol. The highest BCUT2D eigenvalue weighted by Gasteiger charge is 2.53. The summed E-state index contributed by atoms with van der Waals surface area (Å²) in [4.78, 5) is 23.5. The lowest BCUT2D eigenvalue weighted by Gasteiger charge is -2.36. The first-order chi connectivity index (χ1) is 19.2. The van der Waals surface area contributed by atoms with Gasteiger partial charge < -0.3 is 15.3 Å². The summed E-state index contributed by atoms with van der Waals surface area (Å²) in [5, 5.41) is 13.6. The average Bonchev–Trinajstić information content (AvgIpc) is 3.22. The van der Waals surface area contributed by atoms with E-state index >= 15 is 0 Å². The molecule has 11 heteroatoms. The van der Waals surface area contributed by atoms with E-state index in [1.54, 1.807) is 31.3 Å². The van der Waals surface area contributed by atoms with Gasteiger partial charge in [0, 0.05) is 47.2 Å². The van der Waals surface area contributed by atoms with Crippen LogP contribution in [-0.4, -0.2) is 62.8 Å². The van der Waals surface area contributed by atoms with Gasteiger partial charge in [-0.1, -0.05) is 37.4 Å². The van der Waals surface area contributed by atoms with Crippen LogP contribution in [0.5, 0.6) is 0 Å². The number of halogens is 4. The summed E-state index contributed by atoms with van der Waals surface area (Å²) in [6.07, 6.45) is 3.00. The highest BCUT2D eigenvalue weighted by atomic mass is 35.5. The Morgan fingerprint density at radius 1 is 1.10 bits per heavy atom. The van der Waals surface area contributed by atoms with Crippen LogP contribution in [0.4, 0.5) is 18.9 Å². The fourth-order valence-electron chi connectivity index (χ4n) is 5.04. The van der Waals surface area contributed by atoms with Crippen LogP contribution in [0, 0.1) is 0 Å². The number of carbonyl (C=O) groups is 1. The quantitative estimate of drug-likeness (QED) is 0.218. The minimum Gasteiger partial charge on any atom is -0.393 e. The molecule has 1 amide bonds. The summed E-state index contributed by atoms with van der Waals surface area (Å²) in [5.41, 5.74) is 0.354. The molecule has 0 aliphatic carbocycles. The number of nitrogens with one attached hydrogen (secondary N) is 1. The van der Waals surface area contributed by atoms with Crippen molar-refractivity contribution in [3.05, 3.63) is 77.2 Å². The number of hydrogen-bond acceptors (Lipinski definition) is 6. The minimum atomic E-state index is -4.59. The first-order valence-electron chi connectivity index (χ1n) is 13.2. The summed E-state index contributed by atoms with van der Waals surface area (Å²) in [6, 6.07) is 12.5. The van der Waals surface area contributed by atoms with Crippen LogP contribution in [0.2, 0.25) is 5.02 Å². The van der Waals surface area contributed by atoms with Gasteiger partial charge in [-0.15, -0.1) is 11.8 Å². The number of pyridine rings is 2. The standard InChI is InChI=1S/C29H32ClF3N4O2S/c1-2-40-26(29(31,32)33)22-18-28(19-38,25-9-5-7-14-36-25)37(27(22)39)16-8-4-3-6-13-34-23-12-15-35-24-17-20(30)10-11-21(23)24/h5,7,9-12,14-15,17-18,26,38H,2-4,6,8,13,16,19H2,1H3,(H,34,35)/t26?,28-/m0/s1. The molecule has 40 heavy (non-hydrogen) atoms. The lowest BCUT2D eigenvalue weighted by atomic mass is 9.93. The summed E-state index contributed by atoms with van der Waals surface area (Å²) < 4.78 is 41.8. The summed E-state index contributed by atoms with van der Waals surface area (Å²) in [5.74, 6) is -0.504. The minimum absolute atomic E-state index is 0.196. The maximum Gasteiger partial charge on any atom is 0.404 e. The summed E-state index contributed by atoms with van der Waals surface area (Å²) >= 11 is 6.73. The number of carbonyl (C=O) groups excluding carboxylic acids is 1.